The molecule has 0 spiro atoms. The standard InChI is InChI=1S/C17H18N4OS/c1-17(2,3)13-9-11(5-6-19-13)14-12(10-18)15(22)21-7-4-8-23-16(21)20-14/h5-6,9H,4,7-8H2,1-3H3. The van der Waals surface area contributed by atoms with Crippen molar-refractivity contribution in [1.29, 1.82) is 5.26 Å². The van der Waals surface area contributed by atoms with E-state index in [2.05, 4.69) is 30.7 Å². The van der Waals surface area contributed by atoms with Crippen LogP contribution in [0.4, 0.5) is 0 Å². The number of pyridine rings is 1. The Morgan fingerprint density at radius 2 is 2.17 bits per heavy atom. The number of nitriles is 1. The highest BCUT2D eigenvalue weighted by Crippen LogP contribution is 2.28. The summed E-state index contributed by atoms with van der Waals surface area (Å²) in [5.74, 6) is 0.946. The Hall–Kier alpha value is -2.13. The third-order valence-corrected chi connectivity index (χ3v) is 4.87. The van der Waals surface area contributed by atoms with Crippen LogP contribution < -0.4 is 5.56 Å². The SMILES string of the molecule is CC(C)(C)c1cc(-c2nc3n(c(=O)c2C#N)CCCS3)ccn1. The molecule has 2 aromatic heterocycles. The minimum Gasteiger partial charge on any atom is -0.286 e. The molecule has 1 aliphatic rings. The normalized spacial score (nSPS) is 14.2. The fourth-order valence-corrected chi connectivity index (χ4v) is 3.47. The molecule has 0 bridgehead atoms. The van der Waals surface area contributed by atoms with Gasteiger partial charge in [-0.1, -0.05) is 32.5 Å². The molecule has 6 heteroatoms. The van der Waals surface area contributed by atoms with E-state index < -0.39 is 0 Å². The van der Waals surface area contributed by atoms with E-state index in [1.165, 1.54) is 0 Å². The number of aromatic nitrogens is 3. The average molecular weight is 326 g/mol. The van der Waals surface area contributed by atoms with Crippen LogP contribution in [0.5, 0.6) is 0 Å². The van der Waals surface area contributed by atoms with Crippen LogP contribution in [0.3, 0.4) is 0 Å². The van der Waals surface area contributed by atoms with Gasteiger partial charge >= 0.3 is 0 Å². The lowest BCUT2D eigenvalue weighted by atomic mass is 9.90. The summed E-state index contributed by atoms with van der Waals surface area (Å²) in [6, 6.07) is 5.78. The van der Waals surface area contributed by atoms with Crippen molar-refractivity contribution < 1.29 is 0 Å². The first kappa shape index (κ1) is 15.8. The van der Waals surface area contributed by atoms with Crippen LogP contribution in [-0.4, -0.2) is 20.3 Å². The van der Waals surface area contributed by atoms with Gasteiger partial charge in [0.1, 0.15) is 11.6 Å². The van der Waals surface area contributed by atoms with Crippen molar-refractivity contribution in [2.45, 2.75) is 44.3 Å². The van der Waals surface area contributed by atoms with Crippen LogP contribution in [0.1, 0.15) is 38.4 Å². The second kappa shape index (κ2) is 5.82. The quantitative estimate of drug-likeness (QED) is 0.753. The van der Waals surface area contributed by atoms with Gasteiger partial charge in [0.05, 0.1) is 5.69 Å². The highest BCUT2D eigenvalue weighted by Gasteiger charge is 2.22. The fraction of sp³-hybridized carbons (Fsp3) is 0.412. The van der Waals surface area contributed by atoms with Gasteiger partial charge in [-0.2, -0.15) is 5.26 Å². The molecular weight excluding hydrogens is 308 g/mol. The first-order chi connectivity index (χ1) is 10.9. The summed E-state index contributed by atoms with van der Waals surface area (Å²) < 4.78 is 1.61. The zero-order valence-electron chi connectivity index (χ0n) is 13.5. The Bertz CT molecular complexity index is 858. The predicted octanol–water partition coefficient (Wildman–Crippen LogP) is 2.97. The number of rotatable bonds is 1. The molecule has 0 saturated carbocycles. The number of hydrogen-bond donors (Lipinski definition) is 0. The summed E-state index contributed by atoms with van der Waals surface area (Å²) in [6.07, 6.45) is 2.63. The molecule has 0 saturated heterocycles. The Kier molecular flexibility index (Phi) is 3.99. The zero-order valence-corrected chi connectivity index (χ0v) is 14.3. The van der Waals surface area contributed by atoms with Crippen LogP contribution >= 0.6 is 11.8 Å². The van der Waals surface area contributed by atoms with Crippen molar-refractivity contribution in [2.75, 3.05) is 5.75 Å². The van der Waals surface area contributed by atoms with Crippen LogP contribution in [0, 0.1) is 11.3 Å². The minimum absolute atomic E-state index is 0.110. The Labute approximate surface area is 139 Å². The maximum Gasteiger partial charge on any atom is 0.272 e. The molecule has 118 valence electrons. The lowest BCUT2D eigenvalue weighted by Crippen LogP contribution is -2.29. The fourth-order valence-electron chi connectivity index (χ4n) is 2.53. The maximum absolute atomic E-state index is 12.6. The first-order valence-electron chi connectivity index (χ1n) is 7.56. The van der Waals surface area contributed by atoms with Gasteiger partial charge in [0, 0.05) is 35.2 Å². The summed E-state index contributed by atoms with van der Waals surface area (Å²) in [4.78, 5) is 21.6. The molecule has 3 heterocycles. The Morgan fingerprint density at radius 1 is 1.39 bits per heavy atom. The smallest absolute Gasteiger partial charge is 0.272 e. The summed E-state index contributed by atoms with van der Waals surface area (Å²) >= 11 is 1.57. The van der Waals surface area contributed by atoms with Crippen molar-refractivity contribution in [3.8, 4) is 17.3 Å². The van der Waals surface area contributed by atoms with Crippen LogP contribution in [0.15, 0.2) is 28.3 Å². The maximum atomic E-state index is 12.6. The molecule has 0 aromatic carbocycles. The molecule has 0 aliphatic carbocycles. The van der Waals surface area contributed by atoms with Crippen molar-refractivity contribution in [3.05, 3.63) is 39.9 Å². The lowest BCUT2D eigenvalue weighted by Gasteiger charge is -2.20. The van der Waals surface area contributed by atoms with E-state index in [1.54, 1.807) is 22.5 Å². The topological polar surface area (TPSA) is 71.6 Å². The van der Waals surface area contributed by atoms with Crippen molar-refractivity contribution >= 4 is 11.8 Å². The molecule has 0 radical (unpaired) electrons. The highest BCUT2D eigenvalue weighted by atomic mass is 32.2. The van der Waals surface area contributed by atoms with E-state index >= 15 is 0 Å². The molecule has 3 rings (SSSR count). The molecule has 1 aliphatic heterocycles. The number of hydrogen-bond acceptors (Lipinski definition) is 5. The summed E-state index contributed by atoms with van der Waals surface area (Å²) in [5, 5.41) is 10.2. The van der Waals surface area contributed by atoms with E-state index in [0.717, 1.165) is 23.4 Å². The van der Waals surface area contributed by atoms with E-state index in [-0.39, 0.29) is 16.5 Å². The van der Waals surface area contributed by atoms with E-state index in [0.29, 0.717) is 17.4 Å². The molecular formula is C17H18N4OS. The van der Waals surface area contributed by atoms with Gasteiger partial charge in [-0.15, -0.1) is 0 Å². The van der Waals surface area contributed by atoms with Crippen LogP contribution in [-0.2, 0) is 12.0 Å². The highest BCUT2D eigenvalue weighted by molar-refractivity contribution is 7.99. The summed E-state index contributed by atoms with van der Waals surface area (Å²) in [7, 11) is 0. The van der Waals surface area contributed by atoms with E-state index in [4.69, 9.17) is 0 Å². The molecule has 0 N–H and O–H groups in total. The molecule has 0 unspecified atom stereocenters. The van der Waals surface area contributed by atoms with Gasteiger partial charge < -0.3 is 0 Å². The van der Waals surface area contributed by atoms with Crippen molar-refractivity contribution in [2.24, 2.45) is 0 Å². The minimum atomic E-state index is -0.242. The van der Waals surface area contributed by atoms with Crippen molar-refractivity contribution in [3.63, 3.8) is 0 Å². The van der Waals surface area contributed by atoms with E-state index in [9.17, 15) is 10.1 Å². The summed E-state index contributed by atoms with van der Waals surface area (Å²) in [5.41, 5.74) is 1.90. The van der Waals surface area contributed by atoms with Gasteiger partial charge in [0.2, 0.25) is 0 Å². The van der Waals surface area contributed by atoms with Crippen LogP contribution in [0.25, 0.3) is 11.3 Å². The largest absolute Gasteiger partial charge is 0.286 e. The average Bonchev–Trinajstić information content (AvgIpc) is 2.54. The third-order valence-electron chi connectivity index (χ3n) is 3.80. The molecule has 5 nitrogen and oxygen atoms in total. The third kappa shape index (κ3) is 2.89. The number of nitrogens with zero attached hydrogens (tertiary/aromatic N) is 4. The van der Waals surface area contributed by atoms with E-state index in [1.807, 2.05) is 18.2 Å². The van der Waals surface area contributed by atoms with Crippen LogP contribution in [0.2, 0.25) is 0 Å². The van der Waals surface area contributed by atoms with Gasteiger partial charge in [0.25, 0.3) is 5.56 Å². The second-order valence-electron chi connectivity index (χ2n) is 6.57. The Morgan fingerprint density at radius 3 is 2.87 bits per heavy atom. The van der Waals surface area contributed by atoms with Gasteiger partial charge in [-0.05, 0) is 18.6 Å². The molecule has 2 aromatic rings. The number of thioether (sulfide) groups is 1. The molecule has 0 amide bonds. The first-order valence-corrected chi connectivity index (χ1v) is 8.55. The molecule has 0 atom stereocenters. The van der Waals surface area contributed by atoms with Crippen molar-refractivity contribution in [1.82, 2.24) is 14.5 Å². The second-order valence-corrected chi connectivity index (χ2v) is 7.63. The molecule has 0 fully saturated rings. The summed E-state index contributed by atoms with van der Waals surface area (Å²) in [6.45, 7) is 6.87. The Balaban J connectivity index is 2.23. The van der Waals surface area contributed by atoms with Gasteiger partial charge in [-0.3, -0.25) is 14.3 Å². The predicted molar refractivity (Wildman–Crippen MR) is 90.5 cm³/mol. The molecule has 23 heavy (non-hydrogen) atoms. The monoisotopic (exact) mass is 326 g/mol. The van der Waals surface area contributed by atoms with Gasteiger partial charge in [0.15, 0.2) is 5.16 Å². The number of fused-ring (bicyclic) bond motifs is 1. The van der Waals surface area contributed by atoms with Gasteiger partial charge in [-0.25, -0.2) is 4.98 Å². The zero-order chi connectivity index (χ0) is 16.6. The lowest BCUT2D eigenvalue weighted by molar-refractivity contribution is 0.561.